The molecule has 0 atom stereocenters. The Morgan fingerprint density at radius 2 is 1.93 bits per heavy atom. The van der Waals surface area contributed by atoms with Crippen LogP contribution in [-0.4, -0.2) is 17.3 Å². The molecule has 1 saturated carbocycles. The molecule has 2 heteroatoms. The molecule has 1 aromatic carbocycles. The SMILES string of the molecule is OC1(CNCc2ccccc2)CCC1. The first kappa shape index (κ1) is 9.69. The summed E-state index contributed by atoms with van der Waals surface area (Å²) in [6, 6.07) is 10.3. The van der Waals surface area contributed by atoms with Crippen molar-refractivity contribution in [3.63, 3.8) is 0 Å². The van der Waals surface area contributed by atoms with Gasteiger partial charge >= 0.3 is 0 Å². The van der Waals surface area contributed by atoms with Crippen molar-refractivity contribution in [3.8, 4) is 0 Å². The summed E-state index contributed by atoms with van der Waals surface area (Å²) in [7, 11) is 0. The van der Waals surface area contributed by atoms with Gasteiger partial charge in [-0.1, -0.05) is 30.3 Å². The molecule has 0 aliphatic heterocycles. The third-order valence-electron chi connectivity index (χ3n) is 2.91. The van der Waals surface area contributed by atoms with Crippen LogP contribution < -0.4 is 5.32 Å². The third-order valence-corrected chi connectivity index (χ3v) is 2.91. The van der Waals surface area contributed by atoms with Crippen LogP contribution in [0.5, 0.6) is 0 Å². The van der Waals surface area contributed by atoms with E-state index in [1.165, 1.54) is 12.0 Å². The molecule has 0 heterocycles. The van der Waals surface area contributed by atoms with Gasteiger partial charge in [-0.25, -0.2) is 0 Å². The molecular formula is C12H17NO. The average Bonchev–Trinajstić information content (AvgIpc) is 2.17. The van der Waals surface area contributed by atoms with Gasteiger partial charge in [-0.3, -0.25) is 0 Å². The Labute approximate surface area is 85.0 Å². The highest BCUT2D eigenvalue weighted by Crippen LogP contribution is 2.30. The summed E-state index contributed by atoms with van der Waals surface area (Å²) in [5.41, 5.74) is 0.866. The normalized spacial score (nSPS) is 18.9. The summed E-state index contributed by atoms with van der Waals surface area (Å²) in [5.74, 6) is 0. The Hall–Kier alpha value is -0.860. The van der Waals surface area contributed by atoms with Gasteiger partial charge in [0.05, 0.1) is 5.60 Å². The van der Waals surface area contributed by atoms with E-state index in [9.17, 15) is 5.11 Å². The van der Waals surface area contributed by atoms with E-state index >= 15 is 0 Å². The Morgan fingerprint density at radius 1 is 1.21 bits per heavy atom. The maximum atomic E-state index is 9.83. The van der Waals surface area contributed by atoms with E-state index in [0.29, 0.717) is 0 Å². The van der Waals surface area contributed by atoms with Crippen molar-refractivity contribution in [1.82, 2.24) is 5.32 Å². The summed E-state index contributed by atoms with van der Waals surface area (Å²) in [6.07, 6.45) is 3.08. The molecule has 0 saturated heterocycles. The number of hydrogen-bond acceptors (Lipinski definition) is 2. The fourth-order valence-electron chi connectivity index (χ4n) is 1.80. The summed E-state index contributed by atoms with van der Waals surface area (Å²) < 4.78 is 0. The number of hydrogen-bond donors (Lipinski definition) is 2. The molecule has 2 nitrogen and oxygen atoms in total. The Kier molecular flexibility index (Phi) is 2.85. The van der Waals surface area contributed by atoms with Crippen LogP contribution in [0.15, 0.2) is 30.3 Å². The zero-order valence-corrected chi connectivity index (χ0v) is 8.37. The van der Waals surface area contributed by atoms with Gasteiger partial charge < -0.3 is 10.4 Å². The van der Waals surface area contributed by atoms with E-state index in [-0.39, 0.29) is 0 Å². The minimum atomic E-state index is -0.408. The number of nitrogens with one attached hydrogen (secondary N) is 1. The molecule has 0 unspecified atom stereocenters. The monoisotopic (exact) mass is 191 g/mol. The van der Waals surface area contributed by atoms with Gasteiger partial charge in [0, 0.05) is 13.1 Å². The number of aliphatic hydroxyl groups is 1. The summed E-state index contributed by atoms with van der Waals surface area (Å²) in [4.78, 5) is 0. The molecule has 2 N–H and O–H groups in total. The molecule has 1 fully saturated rings. The first-order chi connectivity index (χ1) is 6.79. The molecule has 0 aromatic heterocycles. The predicted octanol–water partition coefficient (Wildman–Crippen LogP) is 1.69. The lowest BCUT2D eigenvalue weighted by Crippen LogP contribution is -2.45. The van der Waals surface area contributed by atoms with Crippen LogP contribution in [0.4, 0.5) is 0 Å². The highest BCUT2D eigenvalue weighted by atomic mass is 16.3. The molecule has 1 aliphatic rings. The smallest absolute Gasteiger partial charge is 0.0771 e. The summed E-state index contributed by atoms with van der Waals surface area (Å²) >= 11 is 0. The first-order valence-corrected chi connectivity index (χ1v) is 5.26. The second-order valence-corrected chi connectivity index (χ2v) is 4.17. The van der Waals surface area contributed by atoms with Crippen LogP contribution in [0.1, 0.15) is 24.8 Å². The molecule has 1 aliphatic carbocycles. The Balaban J connectivity index is 1.73. The molecule has 0 spiro atoms. The van der Waals surface area contributed by atoms with E-state index < -0.39 is 5.60 Å². The van der Waals surface area contributed by atoms with Gasteiger partial charge in [-0.15, -0.1) is 0 Å². The van der Waals surface area contributed by atoms with Gasteiger partial charge in [0.25, 0.3) is 0 Å². The molecule has 0 amide bonds. The Morgan fingerprint density at radius 3 is 2.50 bits per heavy atom. The van der Waals surface area contributed by atoms with Gasteiger partial charge in [-0.2, -0.15) is 0 Å². The van der Waals surface area contributed by atoms with Crippen molar-refractivity contribution in [2.75, 3.05) is 6.54 Å². The largest absolute Gasteiger partial charge is 0.389 e. The minimum absolute atomic E-state index is 0.408. The van der Waals surface area contributed by atoms with Crippen LogP contribution in [0.3, 0.4) is 0 Å². The fourth-order valence-corrected chi connectivity index (χ4v) is 1.80. The van der Waals surface area contributed by atoms with E-state index in [1.54, 1.807) is 0 Å². The highest BCUT2D eigenvalue weighted by molar-refractivity contribution is 5.14. The molecule has 0 bridgehead atoms. The highest BCUT2D eigenvalue weighted by Gasteiger charge is 2.33. The maximum Gasteiger partial charge on any atom is 0.0771 e. The van der Waals surface area contributed by atoms with Crippen molar-refractivity contribution in [3.05, 3.63) is 35.9 Å². The lowest BCUT2D eigenvalue weighted by atomic mass is 9.80. The quantitative estimate of drug-likeness (QED) is 0.759. The maximum absolute atomic E-state index is 9.83. The average molecular weight is 191 g/mol. The molecule has 2 rings (SSSR count). The van der Waals surface area contributed by atoms with Crippen LogP contribution in [0, 0.1) is 0 Å². The number of benzene rings is 1. The van der Waals surface area contributed by atoms with Crippen LogP contribution in [0.2, 0.25) is 0 Å². The lowest BCUT2D eigenvalue weighted by Gasteiger charge is -2.36. The van der Waals surface area contributed by atoms with Crippen molar-refractivity contribution < 1.29 is 5.11 Å². The number of rotatable bonds is 4. The molecule has 1 aromatic rings. The lowest BCUT2D eigenvalue weighted by molar-refractivity contribution is -0.0314. The van der Waals surface area contributed by atoms with Gasteiger partial charge in [0.2, 0.25) is 0 Å². The molecular weight excluding hydrogens is 174 g/mol. The second kappa shape index (κ2) is 4.11. The molecule has 76 valence electrons. The van der Waals surface area contributed by atoms with E-state index in [2.05, 4.69) is 17.4 Å². The van der Waals surface area contributed by atoms with Crippen LogP contribution in [-0.2, 0) is 6.54 Å². The predicted molar refractivity (Wildman–Crippen MR) is 56.9 cm³/mol. The van der Waals surface area contributed by atoms with Crippen molar-refractivity contribution in [2.45, 2.75) is 31.4 Å². The minimum Gasteiger partial charge on any atom is -0.389 e. The van der Waals surface area contributed by atoms with Gasteiger partial charge in [0.1, 0.15) is 0 Å². The molecule has 0 radical (unpaired) electrons. The topological polar surface area (TPSA) is 32.3 Å². The molecule has 14 heavy (non-hydrogen) atoms. The van der Waals surface area contributed by atoms with E-state index in [0.717, 1.165) is 25.9 Å². The Bertz CT molecular complexity index is 280. The van der Waals surface area contributed by atoms with Crippen molar-refractivity contribution in [2.24, 2.45) is 0 Å². The van der Waals surface area contributed by atoms with E-state index in [1.807, 2.05) is 18.2 Å². The van der Waals surface area contributed by atoms with Gasteiger partial charge in [-0.05, 0) is 24.8 Å². The van der Waals surface area contributed by atoms with Crippen LogP contribution in [0.25, 0.3) is 0 Å². The van der Waals surface area contributed by atoms with Crippen LogP contribution >= 0.6 is 0 Å². The zero-order valence-electron chi connectivity index (χ0n) is 8.37. The van der Waals surface area contributed by atoms with Crippen molar-refractivity contribution in [1.29, 1.82) is 0 Å². The second-order valence-electron chi connectivity index (χ2n) is 4.17. The van der Waals surface area contributed by atoms with Gasteiger partial charge in [0.15, 0.2) is 0 Å². The standard InChI is InChI=1S/C12H17NO/c14-12(7-4-8-12)10-13-9-11-5-2-1-3-6-11/h1-3,5-6,13-14H,4,7-10H2. The summed E-state index contributed by atoms with van der Waals surface area (Å²) in [5, 5.41) is 13.1. The first-order valence-electron chi connectivity index (χ1n) is 5.26. The van der Waals surface area contributed by atoms with E-state index in [4.69, 9.17) is 0 Å². The summed E-state index contributed by atoms with van der Waals surface area (Å²) in [6.45, 7) is 1.57. The zero-order chi connectivity index (χ0) is 9.86. The third kappa shape index (κ3) is 2.34. The fraction of sp³-hybridized carbons (Fsp3) is 0.500. The van der Waals surface area contributed by atoms with Crippen molar-refractivity contribution >= 4 is 0 Å².